The fraction of sp³-hybridized carbons (Fsp3) is 0.600. The van der Waals surface area contributed by atoms with Crippen molar-refractivity contribution in [3.05, 3.63) is 59.5 Å². The molecular weight excluding hydrogens is 648 g/mol. The van der Waals surface area contributed by atoms with E-state index >= 15 is 0 Å². The maximum atomic E-state index is 14.5. The number of ether oxygens (including phenoxy) is 1. The van der Waals surface area contributed by atoms with Crippen molar-refractivity contribution >= 4 is 29.2 Å². The standard InChI is InChI=1S/C40H55ClN6O3/c1-27(2)47-25-34(23-43-47)33-16-18-42-38(22-33)46(24-29-8-10-30(11-9-29)32-14-15-37(50-5)36(41)21-32)40(49)31-12-6-28(7-13-31)20-39(48)45-19-17-35(26-45)44(3)4/h14-16,18,21-23,25,27-31,35H,6-13,17,19-20,24,26H2,1-5H3. The summed E-state index contributed by atoms with van der Waals surface area (Å²) >= 11 is 6.47. The van der Waals surface area contributed by atoms with Crippen molar-refractivity contribution in [2.45, 2.75) is 96.1 Å². The van der Waals surface area contributed by atoms with E-state index in [-0.39, 0.29) is 23.8 Å². The van der Waals surface area contributed by atoms with Crippen LogP contribution in [-0.4, -0.2) is 83.3 Å². The number of rotatable bonds is 11. The maximum absolute atomic E-state index is 14.5. The lowest BCUT2D eigenvalue weighted by Crippen LogP contribution is -2.42. The largest absolute Gasteiger partial charge is 0.495 e. The number of aromatic nitrogens is 3. The van der Waals surface area contributed by atoms with Crippen LogP contribution < -0.4 is 9.64 Å². The number of methoxy groups -OCH3 is 1. The minimum atomic E-state index is -0.0572. The summed E-state index contributed by atoms with van der Waals surface area (Å²) in [4.78, 5) is 38.7. The number of hydrogen-bond acceptors (Lipinski definition) is 6. The number of carbonyl (C=O) groups excluding carboxylic acids is 2. The first-order valence-corrected chi connectivity index (χ1v) is 19.1. The number of benzene rings is 1. The first-order valence-electron chi connectivity index (χ1n) is 18.7. The van der Waals surface area contributed by atoms with Crippen molar-refractivity contribution in [3.8, 4) is 16.9 Å². The first-order chi connectivity index (χ1) is 24.1. The van der Waals surface area contributed by atoms with Crippen molar-refractivity contribution < 1.29 is 14.3 Å². The summed E-state index contributed by atoms with van der Waals surface area (Å²) in [6.07, 6.45) is 15.1. The molecule has 0 N–H and O–H groups in total. The quantitative estimate of drug-likeness (QED) is 0.202. The Balaban J connectivity index is 1.13. The molecule has 2 aromatic heterocycles. The molecule has 0 radical (unpaired) electrons. The summed E-state index contributed by atoms with van der Waals surface area (Å²) in [5, 5.41) is 5.21. The molecule has 6 rings (SSSR count). The Morgan fingerprint density at radius 2 is 1.70 bits per heavy atom. The number of nitrogens with zero attached hydrogens (tertiary/aromatic N) is 6. The number of carbonyl (C=O) groups is 2. The Hall–Kier alpha value is -3.43. The number of likely N-dealkylation sites (N-methyl/N-ethyl adjacent to an activating group) is 1. The average molecular weight is 703 g/mol. The van der Waals surface area contributed by atoms with Gasteiger partial charge in [0.1, 0.15) is 11.6 Å². The summed E-state index contributed by atoms with van der Waals surface area (Å²) < 4.78 is 7.33. The van der Waals surface area contributed by atoms with Crippen molar-refractivity contribution in [2.75, 3.05) is 45.7 Å². The SMILES string of the molecule is COc1ccc(C2CCC(CN(C(=O)C3CCC(CC(=O)N4CCC(N(C)C)C4)CC3)c3cc(-c4cnn(C(C)C)c4)ccn3)CC2)cc1Cl. The summed E-state index contributed by atoms with van der Waals surface area (Å²) in [5.74, 6) is 3.00. The minimum absolute atomic E-state index is 0.0572. The van der Waals surface area contributed by atoms with Crippen LogP contribution in [0.4, 0.5) is 5.82 Å². The topological polar surface area (TPSA) is 83.8 Å². The molecule has 1 saturated heterocycles. The Bertz CT molecular complexity index is 1610. The molecule has 270 valence electrons. The predicted molar refractivity (Wildman–Crippen MR) is 200 cm³/mol. The first kappa shape index (κ1) is 36.4. The second-order valence-corrected chi connectivity index (χ2v) is 15.8. The van der Waals surface area contributed by atoms with E-state index < -0.39 is 0 Å². The van der Waals surface area contributed by atoms with Crippen LogP contribution >= 0.6 is 11.6 Å². The van der Waals surface area contributed by atoms with Gasteiger partial charge in [0.15, 0.2) is 0 Å². The number of halogens is 1. The lowest BCUT2D eigenvalue weighted by molar-refractivity contribution is -0.131. The molecule has 1 atom stereocenters. The fourth-order valence-electron chi connectivity index (χ4n) is 8.28. The van der Waals surface area contributed by atoms with E-state index in [9.17, 15) is 9.59 Å². The van der Waals surface area contributed by atoms with E-state index in [4.69, 9.17) is 21.3 Å². The van der Waals surface area contributed by atoms with Crippen LogP contribution in [0.2, 0.25) is 5.02 Å². The zero-order chi connectivity index (χ0) is 35.4. The molecule has 0 bridgehead atoms. The molecule has 2 amide bonds. The number of pyridine rings is 1. The Kier molecular flexibility index (Phi) is 11.8. The molecule has 3 fully saturated rings. The summed E-state index contributed by atoms with van der Waals surface area (Å²) in [6.45, 7) is 6.57. The van der Waals surface area contributed by atoms with Crippen molar-refractivity contribution in [3.63, 3.8) is 0 Å². The molecule has 1 aliphatic heterocycles. The van der Waals surface area contributed by atoms with Gasteiger partial charge < -0.3 is 14.5 Å². The highest BCUT2D eigenvalue weighted by molar-refractivity contribution is 6.32. The van der Waals surface area contributed by atoms with E-state index in [1.165, 1.54) is 5.56 Å². The third kappa shape index (κ3) is 8.53. The van der Waals surface area contributed by atoms with Gasteiger partial charge in [-0.15, -0.1) is 0 Å². The summed E-state index contributed by atoms with van der Waals surface area (Å²) in [7, 11) is 5.83. The molecular formula is C40H55ClN6O3. The second kappa shape index (κ2) is 16.3. The molecule has 0 spiro atoms. The second-order valence-electron chi connectivity index (χ2n) is 15.4. The molecule has 3 aromatic rings. The van der Waals surface area contributed by atoms with Gasteiger partial charge in [-0.05, 0) is 139 Å². The number of likely N-dealkylation sites (tertiary alicyclic amines) is 1. The predicted octanol–water partition coefficient (Wildman–Crippen LogP) is 7.85. The normalized spacial score (nSPS) is 24.2. The highest BCUT2D eigenvalue weighted by atomic mass is 35.5. The van der Waals surface area contributed by atoms with Crippen LogP contribution in [-0.2, 0) is 9.59 Å². The molecule has 10 heteroatoms. The van der Waals surface area contributed by atoms with E-state index in [0.717, 1.165) is 87.8 Å². The third-order valence-electron chi connectivity index (χ3n) is 11.6. The van der Waals surface area contributed by atoms with Gasteiger partial charge in [-0.1, -0.05) is 17.7 Å². The molecule has 1 unspecified atom stereocenters. The molecule has 2 aliphatic carbocycles. The molecule has 3 heterocycles. The number of amides is 2. The van der Waals surface area contributed by atoms with Gasteiger partial charge in [0.05, 0.1) is 18.3 Å². The maximum Gasteiger partial charge on any atom is 0.231 e. The van der Waals surface area contributed by atoms with Gasteiger partial charge >= 0.3 is 0 Å². The van der Waals surface area contributed by atoms with E-state index in [2.05, 4.69) is 56.3 Å². The van der Waals surface area contributed by atoms with E-state index in [1.807, 2.05) is 45.1 Å². The van der Waals surface area contributed by atoms with E-state index in [0.29, 0.717) is 47.5 Å². The van der Waals surface area contributed by atoms with Crippen LogP contribution in [0, 0.1) is 17.8 Å². The van der Waals surface area contributed by atoms with Crippen LogP contribution in [0.25, 0.3) is 11.1 Å². The molecule has 2 saturated carbocycles. The van der Waals surface area contributed by atoms with Gasteiger partial charge in [-0.25, -0.2) is 4.98 Å². The third-order valence-corrected chi connectivity index (χ3v) is 11.9. The number of hydrogen-bond donors (Lipinski definition) is 0. The Morgan fingerprint density at radius 1 is 0.960 bits per heavy atom. The summed E-state index contributed by atoms with van der Waals surface area (Å²) in [6, 6.07) is 10.9. The van der Waals surface area contributed by atoms with Crippen LogP contribution in [0.15, 0.2) is 48.9 Å². The molecule has 1 aromatic carbocycles. The Morgan fingerprint density at radius 3 is 2.34 bits per heavy atom. The van der Waals surface area contributed by atoms with Gasteiger partial charge in [-0.2, -0.15) is 5.10 Å². The Labute approximate surface area is 303 Å². The monoisotopic (exact) mass is 702 g/mol. The highest BCUT2D eigenvalue weighted by Gasteiger charge is 2.35. The highest BCUT2D eigenvalue weighted by Crippen LogP contribution is 2.40. The van der Waals surface area contributed by atoms with Gasteiger partial charge in [-0.3, -0.25) is 19.2 Å². The zero-order valence-electron chi connectivity index (χ0n) is 30.6. The average Bonchev–Trinajstić information content (AvgIpc) is 3.83. The van der Waals surface area contributed by atoms with Gasteiger partial charge in [0, 0.05) is 62.0 Å². The van der Waals surface area contributed by atoms with Crippen LogP contribution in [0.5, 0.6) is 5.75 Å². The van der Waals surface area contributed by atoms with Crippen LogP contribution in [0.3, 0.4) is 0 Å². The van der Waals surface area contributed by atoms with Gasteiger partial charge in [0.25, 0.3) is 0 Å². The lowest BCUT2D eigenvalue weighted by Gasteiger charge is -2.36. The fourth-order valence-corrected chi connectivity index (χ4v) is 8.55. The van der Waals surface area contributed by atoms with Gasteiger partial charge in [0.2, 0.25) is 11.8 Å². The van der Waals surface area contributed by atoms with Crippen LogP contribution in [0.1, 0.15) is 95.6 Å². The van der Waals surface area contributed by atoms with Crippen molar-refractivity contribution in [1.82, 2.24) is 24.6 Å². The van der Waals surface area contributed by atoms with Crippen molar-refractivity contribution in [2.24, 2.45) is 17.8 Å². The molecule has 50 heavy (non-hydrogen) atoms. The zero-order valence-corrected chi connectivity index (χ0v) is 31.3. The summed E-state index contributed by atoms with van der Waals surface area (Å²) in [5.41, 5.74) is 3.30. The lowest BCUT2D eigenvalue weighted by atomic mass is 9.77. The number of anilines is 1. The molecule has 3 aliphatic rings. The molecule has 9 nitrogen and oxygen atoms in total. The van der Waals surface area contributed by atoms with Crippen molar-refractivity contribution in [1.29, 1.82) is 0 Å². The smallest absolute Gasteiger partial charge is 0.231 e. The van der Waals surface area contributed by atoms with E-state index in [1.54, 1.807) is 7.11 Å². The minimum Gasteiger partial charge on any atom is -0.495 e.